The summed E-state index contributed by atoms with van der Waals surface area (Å²) in [7, 11) is 0. The van der Waals surface area contributed by atoms with Crippen molar-refractivity contribution in [3.63, 3.8) is 0 Å². The summed E-state index contributed by atoms with van der Waals surface area (Å²) in [5.41, 5.74) is -1.39. The van der Waals surface area contributed by atoms with Gasteiger partial charge in [-0.3, -0.25) is 4.79 Å². The number of hydrogen-bond donors (Lipinski definition) is 2. The quantitative estimate of drug-likeness (QED) is 0.323. The highest BCUT2D eigenvalue weighted by Gasteiger charge is 2.59. The van der Waals surface area contributed by atoms with E-state index in [9.17, 15) is 36.2 Å². The zero-order valence-corrected chi connectivity index (χ0v) is 13.3. The van der Waals surface area contributed by atoms with Crippen LogP contribution in [0.1, 0.15) is 0 Å². The predicted octanol–water partition coefficient (Wildman–Crippen LogP) is 4.19. The van der Waals surface area contributed by atoms with E-state index in [2.05, 4.69) is 20.7 Å². The van der Waals surface area contributed by atoms with Gasteiger partial charge in [0.15, 0.2) is 5.57 Å². The Morgan fingerprint density at radius 1 is 1.16 bits per heavy atom. The Labute approximate surface area is 144 Å². The maximum absolute atomic E-state index is 12.4. The maximum Gasteiger partial charge on any atom is 0.434 e. The summed E-state index contributed by atoms with van der Waals surface area (Å²) in [6.07, 6.45) is -16.2. The Morgan fingerprint density at radius 2 is 1.64 bits per heavy atom. The molecule has 1 aromatic rings. The topological polar surface area (TPSA) is 82.4 Å². The van der Waals surface area contributed by atoms with E-state index in [4.69, 9.17) is 5.26 Å². The lowest BCUT2D eigenvalue weighted by molar-refractivity contribution is -0.319. The van der Waals surface area contributed by atoms with E-state index < -0.39 is 35.9 Å². The van der Waals surface area contributed by atoms with E-state index in [0.29, 0.717) is 4.47 Å². The monoisotopic (exact) mass is 432 g/mol. The van der Waals surface area contributed by atoms with Crippen molar-refractivity contribution >= 4 is 27.5 Å². The number of alkyl halides is 6. The summed E-state index contributed by atoms with van der Waals surface area (Å²) in [4.78, 5) is 11.7. The van der Waals surface area contributed by atoms with Crippen molar-refractivity contribution in [2.45, 2.75) is 18.5 Å². The van der Waals surface area contributed by atoms with Crippen molar-refractivity contribution in [3.05, 3.63) is 40.3 Å². The number of nitrogens with zero attached hydrogens (tertiary/aromatic N) is 1. The second-order valence-electron chi connectivity index (χ2n) is 4.33. The summed E-state index contributed by atoms with van der Waals surface area (Å²) < 4.78 is 78.2. The van der Waals surface area contributed by atoms with Crippen LogP contribution in [0.5, 0.6) is 0 Å². The van der Waals surface area contributed by atoms with Gasteiger partial charge in [-0.25, -0.2) is 0 Å². The molecule has 0 atom stereocenters. The van der Waals surface area contributed by atoms with Gasteiger partial charge < -0.3 is 15.2 Å². The van der Waals surface area contributed by atoms with Crippen molar-refractivity contribution in [2.24, 2.45) is 0 Å². The number of ether oxygens (including phenoxy) is 1. The van der Waals surface area contributed by atoms with Gasteiger partial charge in [-0.05, 0) is 24.3 Å². The Balaban J connectivity index is 3.07. The molecule has 0 spiro atoms. The van der Waals surface area contributed by atoms with Crippen LogP contribution in [0, 0.1) is 11.3 Å². The van der Waals surface area contributed by atoms with Gasteiger partial charge in [-0.2, -0.15) is 31.6 Å². The van der Waals surface area contributed by atoms with Gasteiger partial charge in [0, 0.05) is 10.2 Å². The Bertz CT molecular complexity index is 692. The van der Waals surface area contributed by atoms with Crippen LogP contribution in [0.2, 0.25) is 0 Å². The van der Waals surface area contributed by atoms with Gasteiger partial charge >= 0.3 is 18.3 Å². The first-order valence-electron chi connectivity index (χ1n) is 6.06. The van der Waals surface area contributed by atoms with Crippen molar-refractivity contribution in [1.82, 2.24) is 0 Å². The standard InChI is InChI=1S/C13H7BrF6N2O3/c14-6-1-3-7(4-2-6)22-9(23)8(5-21)10(24)25-11(12(15,16)17)13(18,19)20/h1-4,11,24H,(H,22,23)/b10-8+. The Hall–Kier alpha value is -2.42. The number of benzene rings is 1. The number of halogens is 7. The van der Waals surface area contributed by atoms with E-state index >= 15 is 0 Å². The molecule has 0 saturated heterocycles. The van der Waals surface area contributed by atoms with E-state index in [1.807, 2.05) is 5.32 Å². The summed E-state index contributed by atoms with van der Waals surface area (Å²) >= 11 is 3.09. The summed E-state index contributed by atoms with van der Waals surface area (Å²) in [5, 5.41) is 20.0. The Kier molecular flexibility index (Phi) is 6.31. The molecule has 5 nitrogen and oxygen atoms in total. The molecule has 0 aliphatic carbocycles. The molecule has 25 heavy (non-hydrogen) atoms. The highest BCUT2D eigenvalue weighted by atomic mass is 79.9. The van der Waals surface area contributed by atoms with Crippen LogP contribution in [0.4, 0.5) is 32.0 Å². The molecular weight excluding hydrogens is 426 g/mol. The third kappa shape index (κ3) is 5.86. The minimum absolute atomic E-state index is 0.0666. The molecule has 0 bridgehead atoms. The fourth-order valence-corrected chi connectivity index (χ4v) is 1.68. The van der Waals surface area contributed by atoms with Gasteiger partial charge in [-0.15, -0.1) is 0 Å². The SMILES string of the molecule is N#C/C(C(=O)Nc1ccc(Br)cc1)=C(/O)OC(C(F)(F)F)C(F)(F)F. The molecule has 0 aromatic heterocycles. The van der Waals surface area contributed by atoms with Crippen molar-refractivity contribution < 1.29 is 41.0 Å². The second kappa shape index (κ2) is 7.64. The van der Waals surface area contributed by atoms with Crippen molar-refractivity contribution in [3.8, 4) is 6.07 Å². The number of aliphatic hydroxyl groups excluding tert-OH is 1. The fraction of sp³-hybridized carbons (Fsp3) is 0.231. The van der Waals surface area contributed by atoms with E-state index in [0.717, 1.165) is 6.07 Å². The average molecular weight is 433 g/mol. The number of aliphatic hydroxyl groups is 1. The average Bonchev–Trinajstić information content (AvgIpc) is 2.45. The van der Waals surface area contributed by atoms with Crippen molar-refractivity contribution in [1.29, 1.82) is 5.26 Å². The number of hydrogen-bond acceptors (Lipinski definition) is 4. The van der Waals surface area contributed by atoms with Crippen LogP contribution < -0.4 is 5.32 Å². The van der Waals surface area contributed by atoms with E-state index in [-0.39, 0.29) is 5.69 Å². The highest BCUT2D eigenvalue weighted by molar-refractivity contribution is 9.10. The van der Waals surface area contributed by atoms with Crippen molar-refractivity contribution in [2.75, 3.05) is 5.32 Å². The molecule has 1 amide bonds. The summed E-state index contributed by atoms with van der Waals surface area (Å²) in [6, 6.07) is 6.56. The van der Waals surface area contributed by atoms with E-state index in [1.165, 1.54) is 24.3 Å². The van der Waals surface area contributed by atoms with E-state index in [1.54, 1.807) is 0 Å². The lowest BCUT2D eigenvalue weighted by atomic mass is 10.2. The third-order valence-corrected chi connectivity index (χ3v) is 3.01. The van der Waals surface area contributed by atoms with Gasteiger partial charge in [0.05, 0.1) is 0 Å². The first-order chi connectivity index (χ1) is 11.4. The zero-order chi connectivity index (χ0) is 19.4. The molecule has 0 aliphatic rings. The van der Waals surface area contributed by atoms with Crippen LogP contribution >= 0.6 is 15.9 Å². The largest absolute Gasteiger partial charge is 0.480 e. The molecule has 0 saturated carbocycles. The number of nitriles is 1. The lowest BCUT2D eigenvalue weighted by Gasteiger charge is -2.23. The molecule has 0 heterocycles. The molecule has 12 heteroatoms. The van der Waals surface area contributed by atoms with Crippen LogP contribution in [0.3, 0.4) is 0 Å². The molecule has 1 aromatic carbocycles. The smallest absolute Gasteiger partial charge is 0.434 e. The number of anilines is 1. The lowest BCUT2D eigenvalue weighted by Crippen LogP contribution is -2.44. The molecule has 136 valence electrons. The molecule has 0 fully saturated rings. The number of amides is 1. The van der Waals surface area contributed by atoms with Crippen LogP contribution in [0.15, 0.2) is 40.3 Å². The first kappa shape index (κ1) is 20.6. The first-order valence-corrected chi connectivity index (χ1v) is 6.86. The molecule has 1 rings (SSSR count). The fourth-order valence-electron chi connectivity index (χ4n) is 1.41. The molecule has 0 aliphatic heterocycles. The normalized spacial score (nSPS) is 13.1. The predicted molar refractivity (Wildman–Crippen MR) is 75.0 cm³/mol. The van der Waals surface area contributed by atoms with Gasteiger partial charge in [0.2, 0.25) is 0 Å². The molecule has 0 unspecified atom stereocenters. The maximum atomic E-state index is 12.4. The zero-order valence-electron chi connectivity index (χ0n) is 11.7. The Morgan fingerprint density at radius 3 is 2.04 bits per heavy atom. The highest BCUT2D eigenvalue weighted by Crippen LogP contribution is 2.37. The minimum Gasteiger partial charge on any atom is -0.480 e. The number of carbonyl (C=O) groups is 1. The van der Waals surface area contributed by atoms with Crippen LogP contribution in [0.25, 0.3) is 0 Å². The van der Waals surface area contributed by atoms with Gasteiger partial charge in [0.1, 0.15) is 6.07 Å². The number of carbonyl (C=O) groups excluding carboxylic acids is 1. The molecular formula is C13H7BrF6N2O3. The van der Waals surface area contributed by atoms with Gasteiger partial charge in [0.25, 0.3) is 12.0 Å². The minimum atomic E-state index is -5.92. The third-order valence-electron chi connectivity index (χ3n) is 2.48. The van der Waals surface area contributed by atoms with Gasteiger partial charge in [-0.1, -0.05) is 15.9 Å². The number of rotatable bonds is 4. The summed E-state index contributed by atoms with van der Waals surface area (Å²) in [6.45, 7) is 0. The van der Waals surface area contributed by atoms with Crippen LogP contribution in [-0.4, -0.2) is 29.5 Å². The molecule has 2 N–H and O–H groups in total. The second-order valence-corrected chi connectivity index (χ2v) is 5.25. The van der Waals surface area contributed by atoms with Crippen LogP contribution in [-0.2, 0) is 9.53 Å². The summed E-state index contributed by atoms with van der Waals surface area (Å²) in [5.74, 6) is -3.55. The number of nitrogens with one attached hydrogen (secondary N) is 1. The molecule has 0 radical (unpaired) electrons.